The Balaban J connectivity index is 2.06. The van der Waals surface area contributed by atoms with Gasteiger partial charge in [-0.2, -0.15) is 0 Å². The highest BCUT2D eigenvalue weighted by atomic mass is 16.5. The molecule has 0 unspecified atom stereocenters. The summed E-state index contributed by atoms with van der Waals surface area (Å²) in [4.78, 5) is 35.3. The normalized spacial score (nSPS) is 11.3. The molecule has 0 heterocycles. The lowest BCUT2D eigenvalue weighted by atomic mass is 10.1. The lowest BCUT2D eigenvalue weighted by Crippen LogP contribution is -2.30. The molecule has 0 aromatic heterocycles. The number of hydrogen-bond acceptors (Lipinski definition) is 5. The van der Waals surface area contributed by atoms with E-state index in [1.165, 1.54) is 14.0 Å². The molecular weight excluding hydrogens is 322 g/mol. The van der Waals surface area contributed by atoms with E-state index in [0.29, 0.717) is 17.0 Å². The van der Waals surface area contributed by atoms with Crippen molar-refractivity contribution < 1.29 is 23.9 Å². The van der Waals surface area contributed by atoms with Gasteiger partial charge in [0.1, 0.15) is 5.75 Å². The molecule has 0 aliphatic rings. The molecule has 1 N–H and O–H groups in total. The first-order valence-electron chi connectivity index (χ1n) is 7.68. The van der Waals surface area contributed by atoms with Crippen LogP contribution < -0.4 is 10.1 Å². The average Bonchev–Trinajstić information content (AvgIpc) is 2.61. The van der Waals surface area contributed by atoms with Crippen LogP contribution in [0.2, 0.25) is 0 Å². The molecule has 0 saturated heterocycles. The number of anilines is 1. The first kappa shape index (κ1) is 18.2. The smallest absolute Gasteiger partial charge is 0.339 e. The second kappa shape index (κ2) is 8.10. The van der Waals surface area contributed by atoms with Gasteiger partial charge in [-0.15, -0.1) is 0 Å². The summed E-state index contributed by atoms with van der Waals surface area (Å²) in [5.74, 6) is -0.526. The SMILES string of the molecule is COC(=O)c1ccccc1NC(=O)[C@@H](C)Oc1ccc(C(C)=O)cc1. The van der Waals surface area contributed by atoms with Crippen molar-refractivity contribution in [3.63, 3.8) is 0 Å². The number of ketones is 1. The molecule has 0 bridgehead atoms. The lowest BCUT2D eigenvalue weighted by Gasteiger charge is -2.16. The van der Waals surface area contributed by atoms with E-state index >= 15 is 0 Å². The summed E-state index contributed by atoms with van der Waals surface area (Å²) in [6.45, 7) is 3.07. The number of hydrogen-bond donors (Lipinski definition) is 1. The summed E-state index contributed by atoms with van der Waals surface area (Å²) in [5.41, 5.74) is 1.18. The number of carbonyl (C=O) groups is 3. The highest BCUT2D eigenvalue weighted by Gasteiger charge is 2.18. The van der Waals surface area contributed by atoms with Crippen LogP contribution in [0.25, 0.3) is 0 Å². The van der Waals surface area contributed by atoms with Crippen molar-refractivity contribution in [1.82, 2.24) is 0 Å². The molecule has 0 aliphatic carbocycles. The number of esters is 1. The number of benzene rings is 2. The van der Waals surface area contributed by atoms with Gasteiger partial charge in [-0.1, -0.05) is 12.1 Å². The van der Waals surface area contributed by atoms with Gasteiger partial charge in [0.05, 0.1) is 18.4 Å². The van der Waals surface area contributed by atoms with Crippen LogP contribution in [0.3, 0.4) is 0 Å². The fraction of sp³-hybridized carbons (Fsp3) is 0.211. The Labute approximate surface area is 145 Å². The van der Waals surface area contributed by atoms with Gasteiger partial charge >= 0.3 is 5.97 Å². The predicted octanol–water partition coefficient (Wildman–Crippen LogP) is 3.08. The van der Waals surface area contributed by atoms with Crippen molar-refractivity contribution in [3.8, 4) is 5.75 Å². The van der Waals surface area contributed by atoms with E-state index in [9.17, 15) is 14.4 Å². The third-order valence-corrected chi connectivity index (χ3v) is 3.53. The molecule has 0 aliphatic heterocycles. The Hall–Kier alpha value is -3.15. The molecule has 25 heavy (non-hydrogen) atoms. The molecule has 1 atom stereocenters. The van der Waals surface area contributed by atoms with Gasteiger partial charge in [0.2, 0.25) is 0 Å². The minimum absolute atomic E-state index is 0.0447. The highest BCUT2D eigenvalue weighted by molar-refractivity contribution is 6.02. The average molecular weight is 341 g/mol. The second-order valence-electron chi connectivity index (χ2n) is 5.37. The molecule has 0 fully saturated rings. The van der Waals surface area contributed by atoms with E-state index in [1.807, 2.05) is 0 Å². The Morgan fingerprint density at radius 2 is 1.64 bits per heavy atom. The molecular formula is C19H19NO5. The van der Waals surface area contributed by atoms with Crippen LogP contribution in [-0.4, -0.2) is 30.9 Å². The van der Waals surface area contributed by atoms with Crippen LogP contribution in [0.1, 0.15) is 34.6 Å². The van der Waals surface area contributed by atoms with Crippen LogP contribution in [0.5, 0.6) is 5.75 Å². The van der Waals surface area contributed by atoms with Crippen molar-refractivity contribution >= 4 is 23.3 Å². The molecule has 0 spiro atoms. The number of para-hydroxylation sites is 1. The zero-order valence-electron chi connectivity index (χ0n) is 14.2. The minimum Gasteiger partial charge on any atom is -0.481 e. The van der Waals surface area contributed by atoms with Crippen molar-refractivity contribution in [2.45, 2.75) is 20.0 Å². The molecule has 1 amide bonds. The number of rotatable bonds is 6. The molecule has 0 radical (unpaired) electrons. The molecule has 2 aromatic rings. The van der Waals surface area contributed by atoms with Crippen molar-refractivity contribution in [2.75, 3.05) is 12.4 Å². The number of Topliss-reactive ketones (excluding diaryl/α,β-unsaturated/α-hetero) is 1. The zero-order valence-corrected chi connectivity index (χ0v) is 14.2. The summed E-state index contributed by atoms with van der Waals surface area (Å²) in [6, 6.07) is 13.1. The van der Waals surface area contributed by atoms with E-state index in [1.54, 1.807) is 55.5 Å². The Kier molecular flexibility index (Phi) is 5.89. The molecule has 2 rings (SSSR count). The minimum atomic E-state index is -0.797. The number of nitrogens with one attached hydrogen (secondary N) is 1. The van der Waals surface area contributed by atoms with E-state index in [0.717, 1.165) is 0 Å². The van der Waals surface area contributed by atoms with Crippen molar-refractivity contribution in [2.24, 2.45) is 0 Å². The fourth-order valence-corrected chi connectivity index (χ4v) is 2.14. The third kappa shape index (κ3) is 4.67. The first-order valence-corrected chi connectivity index (χ1v) is 7.68. The Morgan fingerprint density at radius 1 is 1.00 bits per heavy atom. The van der Waals surface area contributed by atoms with Gasteiger partial charge in [-0.05, 0) is 50.2 Å². The van der Waals surface area contributed by atoms with E-state index < -0.39 is 18.0 Å². The van der Waals surface area contributed by atoms with Crippen LogP contribution in [-0.2, 0) is 9.53 Å². The standard InChI is InChI=1S/C19H19NO5/c1-12(21)14-8-10-15(11-9-14)25-13(2)18(22)20-17-7-5-4-6-16(17)19(23)24-3/h4-11,13H,1-3H3,(H,20,22)/t13-/m1/s1. The number of amides is 1. The maximum Gasteiger partial charge on any atom is 0.339 e. The fourth-order valence-electron chi connectivity index (χ4n) is 2.14. The van der Waals surface area contributed by atoms with Crippen LogP contribution >= 0.6 is 0 Å². The van der Waals surface area contributed by atoms with Crippen LogP contribution in [0, 0.1) is 0 Å². The van der Waals surface area contributed by atoms with Gasteiger partial charge in [0.25, 0.3) is 5.91 Å². The maximum atomic E-state index is 12.3. The number of methoxy groups -OCH3 is 1. The van der Waals surface area contributed by atoms with Crippen molar-refractivity contribution in [3.05, 3.63) is 59.7 Å². The second-order valence-corrected chi connectivity index (χ2v) is 5.37. The monoisotopic (exact) mass is 341 g/mol. The highest BCUT2D eigenvalue weighted by Crippen LogP contribution is 2.18. The third-order valence-electron chi connectivity index (χ3n) is 3.53. The number of carbonyl (C=O) groups excluding carboxylic acids is 3. The lowest BCUT2D eigenvalue weighted by molar-refractivity contribution is -0.122. The number of ether oxygens (including phenoxy) is 2. The maximum absolute atomic E-state index is 12.3. The van der Waals surface area contributed by atoms with Gasteiger partial charge < -0.3 is 14.8 Å². The Bertz CT molecular complexity index is 783. The molecule has 130 valence electrons. The summed E-state index contributed by atoms with van der Waals surface area (Å²) >= 11 is 0. The molecule has 6 nitrogen and oxygen atoms in total. The molecule has 6 heteroatoms. The largest absolute Gasteiger partial charge is 0.481 e. The summed E-state index contributed by atoms with van der Waals surface area (Å²) < 4.78 is 10.3. The van der Waals surface area contributed by atoms with Crippen LogP contribution in [0.15, 0.2) is 48.5 Å². The summed E-state index contributed by atoms with van der Waals surface area (Å²) in [6.07, 6.45) is -0.797. The van der Waals surface area contributed by atoms with Gasteiger partial charge in [0, 0.05) is 5.56 Å². The zero-order chi connectivity index (χ0) is 18.4. The Morgan fingerprint density at radius 3 is 2.24 bits per heavy atom. The topological polar surface area (TPSA) is 81.7 Å². The van der Waals surface area contributed by atoms with Gasteiger partial charge in [-0.3, -0.25) is 9.59 Å². The van der Waals surface area contributed by atoms with Crippen molar-refractivity contribution in [1.29, 1.82) is 0 Å². The summed E-state index contributed by atoms with van der Waals surface area (Å²) in [7, 11) is 1.28. The summed E-state index contributed by atoms with van der Waals surface area (Å²) in [5, 5.41) is 2.66. The van der Waals surface area contributed by atoms with Gasteiger partial charge in [0.15, 0.2) is 11.9 Å². The first-order chi connectivity index (χ1) is 11.9. The van der Waals surface area contributed by atoms with E-state index in [4.69, 9.17) is 9.47 Å². The van der Waals surface area contributed by atoms with Gasteiger partial charge in [-0.25, -0.2) is 4.79 Å². The molecule has 0 saturated carbocycles. The molecule has 2 aromatic carbocycles. The van der Waals surface area contributed by atoms with E-state index in [2.05, 4.69) is 5.32 Å². The predicted molar refractivity (Wildman–Crippen MR) is 92.9 cm³/mol. The quantitative estimate of drug-likeness (QED) is 0.645. The van der Waals surface area contributed by atoms with E-state index in [-0.39, 0.29) is 11.3 Å². The van der Waals surface area contributed by atoms with Crippen LogP contribution in [0.4, 0.5) is 5.69 Å².